The molecule has 1 aromatic rings. The normalized spacial score (nSPS) is 9.87. The zero-order chi connectivity index (χ0) is 11.4. The van der Waals surface area contributed by atoms with Crippen molar-refractivity contribution in [2.24, 2.45) is 5.84 Å². The van der Waals surface area contributed by atoms with Crippen molar-refractivity contribution < 1.29 is 9.53 Å². The van der Waals surface area contributed by atoms with Crippen LogP contribution in [0.15, 0.2) is 18.2 Å². The van der Waals surface area contributed by atoms with Crippen molar-refractivity contribution in [3.8, 4) is 5.75 Å². The molecule has 15 heavy (non-hydrogen) atoms. The molecule has 2 N–H and O–H groups in total. The molecule has 4 heteroatoms. The highest BCUT2D eigenvalue weighted by Gasteiger charge is 2.07. The number of ether oxygens (including phenoxy) is 1. The van der Waals surface area contributed by atoms with Crippen molar-refractivity contribution in [2.45, 2.75) is 13.8 Å². The quantitative estimate of drug-likeness (QED) is 0.458. The molecule has 0 aliphatic heterocycles. The van der Waals surface area contributed by atoms with Crippen LogP contribution in [0.3, 0.4) is 0 Å². The lowest BCUT2D eigenvalue weighted by atomic mass is 10.1. The van der Waals surface area contributed by atoms with Crippen LogP contribution < -0.4 is 10.6 Å². The Labute approximate surface area is 89.6 Å². The van der Waals surface area contributed by atoms with Gasteiger partial charge >= 0.3 is 0 Å². The van der Waals surface area contributed by atoms with E-state index in [1.807, 2.05) is 32.0 Å². The Bertz CT molecular complexity index is 362. The first-order chi connectivity index (χ1) is 7.02. The minimum absolute atomic E-state index is 0.0305. The topological polar surface area (TPSA) is 55.6 Å². The molecule has 0 aromatic heterocycles. The Morgan fingerprint density at radius 3 is 2.73 bits per heavy atom. The van der Waals surface area contributed by atoms with Crippen molar-refractivity contribution in [3.63, 3.8) is 0 Å². The Morgan fingerprint density at radius 1 is 1.47 bits per heavy atom. The number of benzene rings is 1. The van der Waals surface area contributed by atoms with Crippen molar-refractivity contribution in [3.05, 3.63) is 29.3 Å². The first-order valence-electron chi connectivity index (χ1n) is 4.72. The molecule has 0 saturated heterocycles. The molecule has 0 atom stereocenters. The number of hydrazine groups is 1. The van der Waals surface area contributed by atoms with Gasteiger partial charge in [-0.05, 0) is 31.0 Å². The molecular weight excluding hydrogens is 192 g/mol. The lowest BCUT2D eigenvalue weighted by Gasteiger charge is -2.13. The van der Waals surface area contributed by atoms with E-state index in [-0.39, 0.29) is 12.5 Å². The number of amides is 1. The fraction of sp³-hybridized carbons (Fsp3) is 0.364. The second-order valence-corrected chi connectivity index (χ2v) is 3.49. The van der Waals surface area contributed by atoms with Gasteiger partial charge in [-0.25, -0.2) is 5.84 Å². The van der Waals surface area contributed by atoms with Crippen LogP contribution in [0.1, 0.15) is 11.1 Å². The third-order valence-corrected chi connectivity index (χ3v) is 2.30. The van der Waals surface area contributed by atoms with Crippen LogP contribution in [0, 0.1) is 13.8 Å². The number of carbonyl (C=O) groups excluding carboxylic acids is 1. The van der Waals surface area contributed by atoms with Gasteiger partial charge in [-0.2, -0.15) is 0 Å². The summed E-state index contributed by atoms with van der Waals surface area (Å²) in [6.45, 7) is 3.93. The molecule has 0 bridgehead atoms. The van der Waals surface area contributed by atoms with Gasteiger partial charge < -0.3 is 4.74 Å². The highest BCUT2D eigenvalue weighted by Crippen LogP contribution is 2.20. The second-order valence-electron chi connectivity index (χ2n) is 3.49. The standard InChI is InChI=1S/C11H16N2O2/c1-8-5-4-6-10(9(8)2)15-7-11(14)13(3)12/h4-6H,7,12H2,1-3H3. The Morgan fingerprint density at radius 2 is 2.13 bits per heavy atom. The van der Waals surface area contributed by atoms with Gasteiger partial charge in [0.05, 0.1) is 0 Å². The molecule has 0 heterocycles. The molecule has 0 radical (unpaired) electrons. The second kappa shape index (κ2) is 4.79. The van der Waals surface area contributed by atoms with Crippen LogP contribution >= 0.6 is 0 Å². The molecule has 0 fully saturated rings. The summed E-state index contributed by atoms with van der Waals surface area (Å²) in [7, 11) is 1.49. The van der Waals surface area contributed by atoms with Gasteiger partial charge in [0.1, 0.15) is 5.75 Å². The number of likely N-dealkylation sites (N-methyl/N-ethyl adjacent to an activating group) is 1. The zero-order valence-corrected chi connectivity index (χ0v) is 9.28. The lowest BCUT2D eigenvalue weighted by molar-refractivity contribution is -0.132. The third kappa shape index (κ3) is 2.95. The van der Waals surface area contributed by atoms with E-state index in [0.717, 1.165) is 21.9 Å². The molecule has 1 rings (SSSR count). The predicted octanol–water partition coefficient (Wildman–Crippen LogP) is 1.01. The minimum Gasteiger partial charge on any atom is -0.483 e. The first kappa shape index (κ1) is 11.5. The van der Waals surface area contributed by atoms with Gasteiger partial charge in [-0.15, -0.1) is 0 Å². The first-order valence-corrected chi connectivity index (χ1v) is 4.72. The predicted molar refractivity (Wildman–Crippen MR) is 58.4 cm³/mol. The Kier molecular flexibility index (Phi) is 3.68. The molecule has 0 aliphatic rings. The maximum absolute atomic E-state index is 11.2. The molecule has 1 amide bonds. The number of nitrogens with zero attached hydrogens (tertiary/aromatic N) is 1. The number of rotatable bonds is 3. The van der Waals surface area contributed by atoms with Gasteiger partial charge in [0, 0.05) is 7.05 Å². The molecule has 0 aliphatic carbocycles. The smallest absolute Gasteiger partial charge is 0.274 e. The van der Waals surface area contributed by atoms with Gasteiger partial charge in [-0.3, -0.25) is 9.80 Å². The molecule has 0 spiro atoms. The summed E-state index contributed by atoms with van der Waals surface area (Å²) in [6, 6.07) is 5.74. The molecule has 4 nitrogen and oxygen atoms in total. The van der Waals surface area contributed by atoms with Gasteiger partial charge in [-0.1, -0.05) is 12.1 Å². The van der Waals surface area contributed by atoms with Crippen LogP contribution in [-0.4, -0.2) is 24.6 Å². The largest absolute Gasteiger partial charge is 0.483 e. The van der Waals surface area contributed by atoms with Crippen LogP contribution in [0.2, 0.25) is 0 Å². The maximum Gasteiger partial charge on any atom is 0.274 e. The molecule has 1 aromatic carbocycles. The van der Waals surface area contributed by atoms with E-state index in [1.54, 1.807) is 0 Å². The van der Waals surface area contributed by atoms with E-state index < -0.39 is 0 Å². The summed E-state index contributed by atoms with van der Waals surface area (Å²) in [5.41, 5.74) is 2.19. The van der Waals surface area contributed by atoms with E-state index >= 15 is 0 Å². The van der Waals surface area contributed by atoms with E-state index in [4.69, 9.17) is 10.6 Å². The molecule has 0 unspecified atom stereocenters. The van der Waals surface area contributed by atoms with E-state index in [0.29, 0.717) is 0 Å². The summed E-state index contributed by atoms with van der Waals surface area (Å²) in [6.07, 6.45) is 0. The zero-order valence-electron chi connectivity index (χ0n) is 9.28. The summed E-state index contributed by atoms with van der Waals surface area (Å²) in [5.74, 6) is 5.75. The van der Waals surface area contributed by atoms with E-state index in [2.05, 4.69) is 0 Å². The number of nitrogens with two attached hydrogens (primary N) is 1. The van der Waals surface area contributed by atoms with Crippen LogP contribution in [0.25, 0.3) is 0 Å². The SMILES string of the molecule is Cc1cccc(OCC(=O)N(C)N)c1C. The average molecular weight is 208 g/mol. The van der Waals surface area contributed by atoms with Gasteiger partial charge in [0.25, 0.3) is 5.91 Å². The van der Waals surface area contributed by atoms with Crippen molar-refractivity contribution >= 4 is 5.91 Å². The number of hydrogen-bond donors (Lipinski definition) is 1. The van der Waals surface area contributed by atoms with Crippen molar-refractivity contribution in [1.82, 2.24) is 5.01 Å². The maximum atomic E-state index is 11.2. The third-order valence-electron chi connectivity index (χ3n) is 2.30. The Hall–Kier alpha value is -1.55. The molecular formula is C11H16N2O2. The summed E-state index contributed by atoms with van der Waals surface area (Å²) in [5, 5.41) is 1.02. The molecule has 82 valence electrons. The number of hydrogen-bond acceptors (Lipinski definition) is 3. The van der Waals surface area contributed by atoms with E-state index in [1.165, 1.54) is 7.05 Å². The van der Waals surface area contributed by atoms with Crippen LogP contribution in [0.4, 0.5) is 0 Å². The average Bonchev–Trinajstić information content (AvgIpc) is 2.19. The molecule has 0 saturated carbocycles. The number of aryl methyl sites for hydroxylation is 1. The van der Waals surface area contributed by atoms with Crippen LogP contribution in [0.5, 0.6) is 5.75 Å². The van der Waals surface area contributed by atoms with Crippen molar-refractivity contribution in [1.29, 1.82) is 0 Å². The van der Waals surface area contributed by atoms with Gasteiger partial charge in [0.2, 0.25) is 0 Å². The minimum atomic E-state index is -0.254. The monoisotopic (exact) mass is 208 g/mol. The fourth-order valence-electron chi connectivity index (χ4n) is 1.12. The summed E-state index contributed by atoms with van der Waals surface area (Å²) >= 11 is 0. The summed E-state index contributed by atoms with van der Waals surface area (Å²) < 4.78 is 5.37. The highest BCUT2D eigenvalue weighted by molar-refractivity contribution is 5.76. The van der Waals surface area contributed by atoms with Crippen molar-refractivity contribution in [2.75, 3.05) is 13.7 Å². The fourth-order valence-corrected chi connectivity index (χ4v) is 1.12. The summed E-state index contributed by atoms with van der Waals surface area (Å²) in [4.78, 5) is 11.2. The van der Waals surface area contributed by atoms with Gasteiger partial charge in [0.15, 0.2) is 6.61 Å². The lowest BCUT2D eigenvalue weighted by Crippen LogP contribution is -2.36. The number of carbonyl (C=O) groups is 1. The van der Waals surface area contributed by atoms with E-state index in [9.17, 15) is 4.79 Å². The Balaban J connectivity index is 2.66. The highest BCUT2D eigenvalue weighted by atomic mass is 16.5. The van der Waals surface area contributed by atoms with Crippen LogP contribution in [-0.2, 0) is 4.79 Å².